The zero-order chi connectivity index (χ0) is 22.0. The van der Waals surface area contributed by atoms with E-state index in [1.54, 1.807) is 24.4 Å². The molecule has 1 N–H and O–H groups in total. The number of hydrogen-bond acceptors (Lipinski definition) is 7. The van der Waals surface area contributed by atoms with Crippen LogP contribution in [0.2, 0.25) is 0 Å². The molecule has 0 radical (unpaired) electrons. The van der Waals surface area contributed by atoms with Crippen molar-refractivity contribution in [2.75, 3.05) is 23.3 Å². The molecule has 31 heavy (non-hydrogen) atoms. The van der Waals surface area contributed by atoms with Crippen LogP contribution in [0, 0.1) is 0 Å². The van der Waals surface area contributed by atoms with Crippen LogP contribution in [0.3, 0.4) is 0 Å². The molecule has 0 bridgehead atoms. The Balaban J connectivity index is 1.50. The van der Waals surface area contributed by atoms with Gasteiger partial charge in [-0.2, -0.15) is 4.98 Å². The van der Waals surface area contributed by atoms with Crippen molar-refractivity contribution in [3.63, 3.8) is 0 Å². The van der Waals surface area contributed by atoms with E-state index < -0.39 is 0 Å². The Morgan fingerprint density at radius 1 is 1.13 bits per heavy atom. The third kappa shape index (κ3) is 4.74. The summed E-state index contributed by atoms with van der Waals surface area (Å²) in [4.78, 5) is 24.1. The topological polar surface area (TPSA) is 93.4 Å². The van der Waals surface area contributed by atoms with Crippen LogP contribution >= 0.6 is 0 Å². The molecule has 1 aliphatic rings. The maximum atomic E-state index is 13.0. The van der Waals surface area contributed by atoms with E-state index in [1.807, 2.05) is 32.0 Å². The van der Waals surface area contributed by atoms with E-state index in [-0.39, 0.29) is 24.0 Å². The number of ether oxygens (including phenoxy) is 1. The molecule has 162 valence electrons. The maximum Gasteiger partial charge on any atom is 0.258 e. The lowest BCUT2D eigenvalue weighted by Gasteiger charge is -2.36. The highest BCUT2D eigenvalue weighted by Gasteiger charge is 2.23. The van der Waals surface area contributed by atoms with Crippen molar-refractivity contribution in [2.45, 2.75) is 45.8 Å². The summed E-state index contributed by atoms with van der Waals surface area (Å²) in [6, 6.07) is 11.0. The highest BCUT2D eigenvalue weighted by atomic mass is 16.5. The molecular formula is C23H27N5O3. The second-order valence-electron chi connectivity index (χ2n) is 8.18. The van der Waals surface area contributed by atoms with Crippen molar-refractivity contribution in [3.05, 3.63) is 54.0 Å². The standard InChI is InChI=1S/C23H27N5O3/c1-14(2)21-26-23(31-27-21)19-8-6-5-7-18(19)22(29)25-17-9-10-20(24-11-17)28-12-15(3)30-16(4)13-28/h5-11,14-16H,12-13H2,1-4H3,(H,25,29)/t15-,16+. The molecule has 1 aliphatic heterocycles. The van der Waals surface area contributed by atoms with Gasteiger partial charge in [0.05, 0.1) is 35.2 Å². The summed E-state index contributed by atoms with van der Waals surface area (Å²) in [6.07, 6.45) is 1.98. The third-order valence-corrected chi connectivity index (χ3v) is 5.11. The first-order valence-corrected chi connectivity index (χ1v) is 10.5. The van der Waals surface area contributed by atoms with Crippen LogP contribution < -0.4 is 10.2 Å². The number of carbonyl (C=O) groups excluding carboxylic acids is 1. The lowest BCUT2D eigenvalue weighted by atomic mass is 10.1. The summed E-state index contributed by atoms with van der Waals surface area (Å²) in [7, 11) is 0. The minimum atomic E-state index is -0.261. The highest BCUT2D eigenvalue weighted by molar-refractivity contribution is 6.08. The molecule has 3 heterocycles. The Hall–Kier alpha value is -3.26. The van der Waals surface area contributed by atoms with Gasteiger partial charge in [-0.3, -0.25) is 4.79 Å². The van der Waals surface area contributed by atoms with Gasteiger partial charge in [0.15, 0.2) is 5.82 Å². The van der Waals surface area contributed by atoms with Gasteiger partial charge in [0.25, 0.3) is 11.8 Å². The minimum Gasteiger partial charge on any atom is -0.372 e. The van der Waals surface area contributed by atoms with Gasteiger partial charge < -0.3 is 19.5 Å². The fraction of sp³-hybridized carbons (Fsp3) is 0.391. The maximum absolute atomic E-state index is 13.0. The van der Waals surface area contributed by atoms with E-state index in [2.05, 4.69) is 39.2 Å². The number of aromatic nitrogens is 3. The van der Waals surface area contributed by atoms with E-state index in [0.717, 1.165) is 18.9 Å². The smallest absolute Gasteiger partial charge is 0.258 e. The van der Waals surface area contributed by atoms with Gasteiger partial charge in [-0.05, 0) is 38.1 Å². The van der Waals surface area contributed by atoms with Crippen molar-refractivity contribution in [2.24, 2.45) is 0 Å². The van der Waals surface area contributed by atoms with E-state index >= 15 is 0 Å². The number of pyridine rings is 1. The molecule has 0 spiro atoms. The number of amides is 1. The summed E-state index contributed by atoms with van der Waals surface area (Å²) in [6.45, 7) is 9.67. The second-order valence-corrected chi connectivity index (χ2v) is 8.18. The van der Waals surface area contributed by atoms with Gasteiger partial charge in [0, 0.05) is 19.0 Å². The summed E-state index contributed by atoms with van der Waals surface area (Å²) < 4.78 is 11.2. The Morgan fingerprint density at radius 2 is 1.87 bits per heavy atom. The zero-order valence-electron chi connectivity index (χ0n) is 18.2. The largest absolute Gasteiger partial charge is 0.372 e. The van der Waals surface area contributed by atoms with Gasteiger partial charge >= 0.3 is 0 Å². The molecule has 0 unspecified atom stereocenters. The number of rotatable bonds is 5. The number of nitrogens with one attached hydrogen (secondary N) is 1. The first-order valence-electron chi connectivity index (χ1n) is 10.5. The average molecular weight is 422 g/mol. The normalized spacial score (nSPS) is 18.9. The van der Waals surface area contributed by atoms with E-state index in [1.165, 1.54) is 0 Å². The molecule has 8 heteroatoms. The van der Waals surface area contributed by atoms with E-state index in [0.29, 0.717) is 28.5 Å². The van der Waals surface area contributed by atoms with Crippen molar-refractivity contribution in [1.82, 2.24) is 15.1 Å². The van der Waals surface area contributed by atoms with Crippen molar-refractivity contribution >= 4 is 17.4 Å². The highest BCUT2D eigenvalue weighted by Crippen LogP contribution is 2.25. The lowest BCUT2D eigenvalue weighted by Crippen LogP contribution is -2.45. The summed E-state index contributed by atoms with van der Waals surface area (Å²) >= 11 is 0. The molecule has 1 fully saturated rings. The van der Waals surface area contributed by atoms with Crippen LogP contribution in [0.25, 0.3) is 11.5 Å². The molecule has 8 nitrogen and oxygen atoms in total. The summed E-state index contributed by atoms with van der Waals surface area (Å²) in [5.74, 6) is 1.69. The molecule has 0 aliphatic carbocycles. The second kappa shape index (κ2) is 8.85. The van der Waals surface area contributed by atoms with Gasteiger partial charge in [-0.25, -0.2) is 4.98 Å². The summed E-state index contributed by atoms with van der Waals surface area (Å²) in [5.41, 5.74) is 1.67. The van der Waals surface area contributed by atoms with Crippen LogP contribution in [0.1, 0.15) is 49.8 Å². The predicted molar refractivity (Wildman–Crippen MR) is 118 cm³/mol. The molecule has 2 atom stereocenters. The number of carbonyl (C=O) groups is 1. The zero-order valence-corrected chi connectivity index (χ0v) is 18.2. The lowest BCUT2D eigenvalue weighted by molar-refractivity contribution is -0.00545. The summed E-state index contributed by atoms with van der Waals surface area (Å²) in [5, 5.41) is 6.91. The van der Waals surface area contributed by atoms with Crippen LogP contribution in [0.5, 0.6) is 0 Å². The van der Waals surface area contributed by atoms with E-state index in [9.17, 15) is 4.79 Å². The number of anilines is 2. The molecule has 1 saturated heterocycles. The number of benzene rings is 1. The number of morpholine rings is 1. The van der Waals surface area contributed by atoms with Crippen LogP contribution in [-0.2, 0) is 4.74 Å². The van der Waals surface area contributed by atoms with Gasteiger partial charge in [0.1, 0.15) is 5.82 Å². The SMILES string of the molecule is CC(C)c1noc(-c2ccccc2C(=O)Nc2ccc(N3C[C@@H](C)O[C@@H](C)C3)nc2)n1. The first kappa shape index (κ1) is 21.0. The Kier molecular flexibility index (Phi) is 5.99. The van der Waals surface area contributed by atoms with Gasteiger partial charge in [-0.15, -0.1) is 0 Å². The van der Waals surface area contributed by atoms with Crippen LogP contribution in [-0.4, -0.2) is 46.3 Å². The number of hydrogen-bond donors (Lipinski definition) is 1. The molecule has 3 aromatic rings. The Morgan fingerprint density at radius 3 is 2.52 bits per heavy atom. The predicted octanol–water partition coefficient (Wildman–Crippen LogP) is 4.12. The monoisotopic (exact) mass is 421 g/mol. The quantitative estimate of drug-likeness (QED) is 0.662. The average Bonchev–Trinajstić information content (AvgIpc) is 3.24. The minimum absolute atomic E-state index is 0.139. The fourth-order valence-corrected chi connectivity index (χ4v) is 3.66. The molecule has 2 aromatic heterocycles. The molecule has 1 aromatic carbocycles. The Labute approximate surface area is 181 Å². The van der Waals surface area contributed by atoms with Crippen LogP contribution in [0.15, 0.2) is 47.1 Å². The molecule has 4 rings (SSSR count). The van der Waals surface area contributed by atoms with Crippen molar-refractivity contribution < 1.29 is 14.1 Å². The molecular weight excluding hydrogens is 394 g/mol. The molecule has 0 saturated carbocycles. The van der Waals surface area contributed by atoms with Crippen molar-refractivity contribution in [1.29, 1.82) is 0 Å². The molecule has 1 amide bonds. The van der Waals surface area contributed by atoms with Gasteiger partial charge in [0.2, 0.25) is 0 Å². The Bertz CT molecular complexity index is 1040. The number of nitrogens with zero attached hydrogens (tertiary/aromatic N) is 4. The fourth-order valence-electron chi connectivity index (χ4n) is 3.66. The van der Waals surface area contributed by atoms with E-state index in [4.69, 9.17) is 9.26 Å². The third-order valence-electron chi connectivity index (χ3n) is 5.11. The van der Waals surface area contributed by atoms with Crippen LogP contribution in [0.4, 0.5) is 11.5 Å². The first-order chi connectivity index (χ1) is 14.9. The van der Waals surface area contributed by atoms with Crippen molar-refractivity contribution in [3.8, 4) is 11.5 Å². The van der Waals surface area contributed by atoms with Gasteiger partial charge in [-0.1, -0.05) is 31.1 Å².